The summed E-state index contributed by atoms with van der Waals surface area (Å²) in [5.74, 6) is 1.37. The van der Waals surface area contributed by atoms with Crippen molar-refractivity contribution in [3.63, 3.8) is 0 Å². The number of anilines is 1. The predicted octanol–water partition coefficient (Wildman–Crippen LogP) is 4.61. The second kappa shape index (κ2) is 6.53. The maximum Gasteiger partial charge on any atom is 0.118 e. The van der Waals surface area contributed by atoms with Crippen molar-refractivity contribution in [3.8, 4) is 5.75 Å². The summed E-state index contributed by atoms with van der Waals surface area (Å²) >= 11 is 5.41. The molecule has 2 aromatic carbocycles. The number of hydrogen-bond donors (Lipinski definition) is 1. The molecule has 104 valence electrons. The van der Waals surface area contributed by atoms with E-state index in [1.54, 1.807) is 7.11 Å². The molecule has 0 aliphatic carbocycles. The lowest BCUT2D eigenvalue weighted by Gasteiger charge is -2.10. The summed E-state index contributed by atoms with van der Waals surface area (Å²) in [6, 6.07) is 16.1. The minimum Gasteiger partial charge on any atom is -0.497 e. The van der Waals surface area contributed by atoms with E-state index in [9.17, 15) is 0 Å². The predicted molar refractivity (Wildman–Crippen MR) is 88.8 cm³/mol. The largest absolute Gasteiger partial charge is 0.497 e. The number of hydrogen-bond acceptors (Lipinski definition) is 2. The van der Waals surface area contributed by atoms with Crippen LogP contribution in [-0.2, 0) is 0 Å². The van der Waals surface area contributed by atoms with E-state index >= 15 is 0 Å². The van der Waals surface area contributed by atoms with Gasteiger partial charge in [0.15, 0.2) is 0 Å². The number of benzene rings is 2. The molecule has 20 heavy (non-hydrogen) atoms. The average molecular weight is 285 g/mol. The van der Waals surface area contributed by atoms with Gasteiger partial charge in [-0.15, -0.1) is 0 Å². The van der Waals surface area contributed by atoms with Crippen LogP contribution in [-0.4, -0.2) is 12.1 Å². The number of rotatable bonds is 4. The third-order valence-corrected chi connectivity index (χ3v) is 3.53. The molecule has 0 unspecified atom stereocenters. The summed E-state index contributed by atoms with van der Waals surface area (Å²) in [6.45, 7) is 4.37. The Bertz CT molecular complexity index is 573. The highest BCUT2D eigenvalue weighted by Gasteiger charge is 2.03. The van der Waals surface area contributed by atoms with Gasteiger partial charge < -0.3 is 10.1 Å². The van der Waals surface area contributed by atoms with Crippen LogP contribution in [0.4, 0.5) is 5.69 Å². The van der Waals surface area contributed by atoms with Crippen molar-refractivity contribution >= 4 is 22.9 Å². The van der Waals surface area contributed by atoms with Gasteiger partial charge in [-0.2, -0.15) is 0 Å². The van der Waals surface area contributed by atoms with Crippen LogP contribution in [0.5, 0.6) is 5.75 Å². The fraction of sp³-hybridized carbons (Fsp3) is 0.235. The lowest BCUT2D eigenvalue weighted by Crippen LogP contribution is -2.10. The maximum atomic E-state index is 5.41. The summed E-state index contributed by atoms with van der Waals surface area (Å²) < 4.78 is 5.14. The first kappa shape index (κ1) is 14.5. The van der Waals surface area contributed by atoms with Crippen LogP contribution < -0.4 is 10.1 Å². The highest BCUT2D eigenvalue weighted by atomic mass is 32.1. The second-order valence-electron chi connectivity index (χ2n) is 4.96. The Morgan fingerprint density at radius 2 is 1.60 bits per heavy atom. The molecule has 0 heterocycles. The zero-order chi connectivity index (χ0) is 14.5. The number of ether oxygens (including phenoxy) is 1. The molecular weight excluding hydrogens is 266 g/mol. The Morgan fingerprint density at radius 3 is 2.10 bits per heavy atom. The summed E-state index contributed by atoms with van der Waals surface area (Å²) in [4.78, 5) is 0.713. The third kappa shape index (κ3) is 3.58. The maximum absolute atomic E-state index is 5.41. The van der Waals surface area contributed by atoms with Gasteiger partial charge in [0.2, 0.25) is 0 Å². The van der Waals surface area contributed by atoms with Crippen LogP contribution in [0.2, 0.25) is 0 Å². The van der Waals surface area contributed by atoms with Gasteiger partial charge >= 0.3 is 0 Å². The molecule has 0 spiro atoms. The number of nitrogens with one attached hydrogen (secondary N) is 1. The van der Waals surface area contributed by atoms with E-state index in [4.69, 9.17) is 17.0 Å². The molecule has 2 nitrogen and oxygen atoms in total. The number of thiocarbonyl (C=S) groups is 1. The molecule has 0 saturated heterocycles. The second-order valence-corrected chi connectivity index (χ2v) is 5.37. The highest BCUT2D eigenvalue weighted by molar-refractivity contribution is 7.81. The minimum atomic E-state index is 0.539. The zero-order valence-corrected chi connectivity index (χ0v) is 12.8. The quantitative estimate of drug-likeness (QED) is 0.829. The van der Waals surface area contributed by atoms with E-state index < -0.39 is 0 Å². The zero-order valence-electron chi connectivity index (χ0n) is 12.0. The molecule has 3 heteroatoms. The molecule has 0 atom stereocenters. The van der Waals surface area contributed by atoms with E-state index in [0.29, 0.717) is 10.9 Å². The molecule has 0 radical (unpaired) electrons. The van der Waals surface area contributed by atoms with Gasteiger partial charge in [-0.1, -0.05) is 38.2 Å². The van der Waals surface area contributed by atoms with Crippen molar-refractivity contribution in [1.82, 2.24) is 0 Å². The molecular formula is C17H19NOS. The molecule has 0 bridgehead atoms. The summed E-state index contributed by atoms with van der Waals surface area (Å²) in [6.07, 6.45) is 0. The van der Waals surface area contributed by atoms with E-state index in [1.807, 2.05) is 24.3 Å². The molecule has 2 rings (SSSR count). The van der Waals surface area contributed by atoms with Crippen LogP contribution in [0.15, 0.2) is 48.5 Å². The van der Waals surface area contributed by atoms with E-state index in [2.05, 4.69) is 43.4 Å². The normalized spacial score (nSPS) is 10.4. The van der Waals surface area contributed by atoms with Crippen LogP contribution in [0.3, 0.4) is 0 Å². The van der Waals surface area contributed by atoms with Gasteiger partial charge in [0.05, 0.1) is 7.11 Å². The fourth-order valence-electron chi connectivity index (χ4n) is 1.90. The molecule has 1 N–H and O–H groups in total. The van der Waals surface area contributed by atoms with Crippen molar-refractivity contribution in [1.29, 1.82) is 0 Å². The van der Waals surface area contributed by atoms with Gasteiger partial charge in [0, 0.05) is 11.3 Å². The van der Waals surface area contributed by atoms with Gasteiger partial charge in [-0.25, -0.2) is 0 Å². The van der Waals surface area contributed by atoms with E-state index in [0.717, 1.165) is 17.0 Å². The number of methoxy groups -OCH3 is 1. The van der Waals surface area contributed by atoms with Crippen molar-refractivity contribution < 1.29 is 4.74 Å². The highest BCUT2D eigenvalue weighted by Crippen LogP contribution is 2.18. The Morgan fingerprint density at radius 1 is 1.00 bits per heavy atom. The molecule has 0 saturated carbocycles. The first-order valence-electron chi connectivity index (χ1n) is 6.65. The van der Waals surface area contributed by atoms with Crippen LogP contribution in [0, 0.1) is 0 Å². The topological polar surface area (TPSA) is 21.3 Å². The Hall–Kier alpha value is -1.87. The van der Waals surface area contributed by atoms with Crippen molar-refractivity contribution in [2.45, 2.75) is 19.8 Å². The van der Waals surface area contributed by atoms with E-state index in [1.165, 1.54) is 5.56 Å². The smallest absolute Gasteiger partial charge is 0.118 e. The standard InChI is InChI=1S/C17H19NOS/c1-12(2)13-4-8-15(9-5-13)18-17(20)14-6-10-16(19-3)11-7-14/h4-12H,1-3H3,(H,18,20). The first-order valence-corrected chi connectivity index (χ1v) is 7.06. The Balaban J connectivity index is 2.06. The molecule has 0 aliphatic heterocycles. The van der Waals surface area contributed by atoms with Gasteiger partial charge in [-0.3, -0.25) is 0 Å². The average Bonchev–Trinajstić information content (AvgIpc) is 2.48. The van der Waals surface area contributed by atoms with Gasteiger partial charge in [0.25, 0.3) is 0 Å². The lowest BCUT2D eigenvalue weighted by atomic mass is 10.0. The van der Waals surface area contributed by atoms with Crippen molar-refractivity contribution in [2.24, 2.45) is 0 Å². The van der Waals surface area contributed by atoms with E-state index in [-0.39, 0.29) is 0 Å². The summed E-state index contributed by atoms with van der Waals surface area (Å²) in [7, 11) is 1.65. The monoisotopic (exact) mass is 285 g/mol. The van der Waals surface area contributed by atoms with Crippen LogP contribution in [0.1, 0.15) is 30.9 Å². The van der Waals surface area contributed by atoms with Gasteiger partial charge in [-0.05, 0) is 47.9 Å². The fourth-order valence-corrected chi connectivity index (χ4v) is 2.15. The van der Waals surface area contributed by atoms with Gasteiger partial charge in [0.1, 0.15) is 10.7 Å². The van der Waals surface area contributed by atoms with Crippen LogP contribution >= 0.6 is 12.2 Å². The molecule has 0 amide bonds. The molecule has 2 aromatic rings. The third-order valence-electron chi connectivity index (χ3n) is 3.19. The summed E-state index contributed by atoms with van der Waals surface area (Å²) in [5, 5.41) is 3.25. The SMILES string of the molecule is COc1ccc(C(=S)Nc2ccc(C(C)C)cc2)cc1. The molecule has 0 aliphatic rings. The summed E-state index contributed by atoms with van der Waals surface area (Å²) in [5.41, 5.74) is 3.31. The molecule has 0 aromatic heterocycles. The lowest BCUT2D eigenvalue weighted by molar-refractivity contribution is 0.415. The first-order chi connectivity index (χ1) is 9.60. The minimum absolute atomic E-state index is 0.539. The van der Waals surface area contributed by atoms with Crippen LogP contribution in [0.25, 0.3) is 0 Å². The van der Waals surface area contributed by atoms with Crippen molar-refractivity contribution in [2.75, 3.05) is 12.4 Å². The Kier molecular flexibility index (Phi) is 4.74. The Labute approximate surface area is 125 Å². The molecule has 0 fully saturated rings. The van der Waals surface area contributed by atoms with Crippen molar-refractivity contribution in [3.05, 3.63) is 59.7 Å².